The molecule has 1 saturated carbocycles. The maximum absolute atomic E-state index is 12.6. The van der Waals surface area contributed by atoms with Gasteiger partial charge in [-0.15, -0.1) is 0 Å². The summed E-state index contributed by atoms with van der Waals surface area (Å²) >= 11 is 0. The first-order chi connectivity index (χ1) is 9.39. The van der Waals surface area contributed by atoms with Crippen LogP contribution < -0.4 is 0 Å². The molecule has 0 heterocycles. The van der Waals surface area contributed by atoms with E-state index in [2.05, 4.69) is 4.85 Å². The first kappa shape index (κ1) is 15.1. The van der Waals surface area contributed by atoms with Crippen molar-refractivity contribution in [3.63, 3.8) is 0 Å². The van der Waals surface area contributed by atoms with E-state index in [9.17, 15) is 8.42 Å². The summed E-state index contributed by atoms with van der Waals surface area (Å²) in [5, 5.41) is -0.375. The van der Waals surface area contributed by atoms with Crippen molar-refractivity contribution in [3.8, 4) is 0 Å². The molecular formula is C16H21NO2S. The molecule has 0 radical (unpaired) electrons. The molecule has 4 heteroatoms. The molecule has 0 spiro atoms. The van der Waals surface area contributed by atoms with Crippen molar-refractivity contribution in [2.24, 2.45) is 5.92 Å². The summed E-state index contributed by atoms with van der Waals surface area (Å²) in [6.07, 6.45) is 3.25. The number of hydrogen-bond donors (Lipinski definition) is 0. The molecule has 0 N–H and O–H groups in total. The predicted molar refractivity (Wildman–Crippen MR) is 80.1 cm³/mol. The zero-order chi connectivity index (χ0) is 14.8. The monoisotopic (exact) mass is 291 g/mol. The predicted octanol–water partition coefficient (Wildman–Crippen LogP) is 3.72. The quantitative estimate of drug-likeness (QED) is 0.796. The van der Waals surface area contributed by atoms with Gasteiger partial charge in [0.2, 0.25) is 5.54 Å². The molecule has 0 aromatic heterocycles. The van der Waals surface area contributed by atoms with Crippen molar-refractivity contribution in [1.82, 2.24) is 0 Å². The van der Waals surface area contributed by atoms with E-state index in [4.69, 9.17) is 6.57 Å². The normalized spacial score (nSPS) is 28.6. The summed E-state index contributed by atoms with van der Waals surface area (Å²) in [7, 11) is -3.26. The van der Waals surface area contributed by atoms with E-state index < -0.39 is 9.84 Å². The lowest BCUT2D eigenvalue weighted by Crippen LogP contribution is -2.35. The van der Waals surface area contributed by atoms with Gasteiger partial charge < -0.3 is 4.85 Å². The van der Waals surface area contributed by atoms with Gasteiger partial charge in [-0.3, -0.25) is 0 Å². The molecule has 1 atom stereocenters. The van der Waals surface area contributed by atoms with Gasteiger partial charge in [0.25, 0.3) is 0 Å². The molecule has 1 unspecified atom stereocenters. The largest absolute Gasteiger partial charge is 0.311 e. The first-order valence-corrected chi connectivity index (χ1v) is 8.61. The highest BCUT2D eigenvalue weighted by Crippen LogP contribution is 2.38. The smallest absolute Gasteiger partial charge is 0.229 e. The highest BCUT2D eigenvalue weighted by Gasteiger charge is 2.40. The van der Waals surface area contributed by atoms with Crippen LogP contribution in [0.4, 0.5) is 0 Å². The Balaban J connectivity index is 2.14. The maximum Gasteiger partial charge on any atom is 0.229 e. The van der Waals surface area contributed by atoms with Crippen LogP contribution in [0, 0.1) is 12.5 Å². The lowest BCUT2D eigenvalue weighted by molar-refractivity contribution is 0.278. The molecule has 3 nitrogen and oxygen atoms in total. The summed E-state index contributed by atoms with van der Waals surface area (Å²) in [5.74, 6) is 0.162. The van der Waals surface area contributed by atoms with Crippen LogP contribution in [0.1, 0.15) is 39.5 Å². The Kier molecular flexibility index (Phi) is 4.19. The summed E-state index contributed by atoms with van der Waals surface area (Å²) in [4.78, 5) is 4.10. The Morgan fingerprint density at radius 3 is 2.30 bits per heavy atom. The van der Waals surface area contributed by atoms with Gasteiger partial charge in [0.1, 0.15) is 0 Å². The van der Waals surface area contributed by atoms with Crippen LogP contribution in [-0.4, -0.2) is 19.2 Å². The molecule has 0 saturated heterocycles. The van der Waals surface area contributed by atoms with E-state index in [1.54, 1.807) is 24.3 Å². The molecule has 0 bridgehead atoms. The van der Waals surface area contributed by atoms with Crippen LogP contribution in [0.5, 0.6) is 0 Å². The van der Waals surface area contributed by atoms with E-state index in [0.717, 1.165) is 25.7 Å². The Labute approximate surface area is 121 Å². The third-order valence-electron chi connectivity index (χ3n) is 4.60. The lowest BCUT2D eigenvalue weighted by atomic mass is 9.77. The van der Waals surface area contributed by atoms with Crippen molar-refractivity contribution in [2.75, 3.05) is 0 Å². The lowest BCUT2D eigenvalue weighted by Gasteiger charge is -2.32. The molecule has 108 valence electrons. The van der Waals surface area contributed by atoms with Gasteiger partial charge in [0, 0.05) is 19.8 Å². The molecule has 20 heavy (non-hydrogen) atoms. The van der Waals surface area contributed by atoms with Crippen molar-refractivity contribution in [2.45, 2.75) is 55.2 Å². The fourth-order valence-electron chi connectivity index (χ4n) is 2.92. The fraction of sp³-hybridized carbons (Fsp3) is 0.562. The molecule has 0 aliphatic heterocycles. The van der Waals surface area contributed by atoms with Crippen LogP contribution in [-0.2, 0) is 9.84 Å². The second kappa shape index (κ2) is 5.57. The topological polar surface area (TPSA) is 38.5 Å². The van der Waals surface area contributed by atoms with Gasteiger partial charge in [-0.05, 0) is 37.8 Å². The van der Waals surface area contributed by atoms with Crippen molar-refractivity contribution in [3.05, 3.63) is 41.7 Å². The first-order valence-electron chi connectivity index (χ1n) is 7.07. The summed E-state index contributed by atoms with van der Waals surface area (Å²) in [6, 6.07) is 8.67. The summed E-state index contributed by atoms with van der Waals surface area (Å²) < 4.78 is 25.2. The van der Waals surface area contributed by atoms with Gasteiger partial charge in [0.15, 0.2) is 9.84 Å². The molecule has 1 fully saturated rings. The van der Waals surface area contributed by atoms with Gasteiger partial charge in [0.05, 0.1) is 10.1 Å². The number of rotatable bonds is 3. The summed E-state index contributed by atoms with van der Waals surface area (Å²) in [6.45, 7) is 11.0. The number of benzene rings is 1. The Morgan fingerprint density at radius 2 is 1.80 bits per heavy atom. The zero-order valence-corrected chi connectivity index (χ0v) is 12.9. The van der Waals surface area contributed by atoms with E-state index in [0.29, 0.717) is 4.90 Å². The highest BCUT2D eigenvalue weighted by atomic mass is 32.2. The molecule has 1 aliphatic carbocycles. The molecule has 1 aromatic rings. The van der Waals surface area contributed by atoms with E-state index >= 15 is 0 Å². The van der Waals surface area contributed by atoms with E-state index in [-0.39, 0.29) is 16.7 Å². The van der Waals surface area contributed by atoms with Gasteiger partial charge in [-0.1, -0.05) is 18.2 Å². The molecule has 1 aliphatic rings. The van der Waals surface area contributed by atoms with Crippen molar-refractivity contribution < 1.29 is 8.42 Å². The minimum absolute atomic E-state index is 0.162. The molecule has 0 amide bonds. The van der Waals surface area contributed by atoms with Crippen LogP contribution in [0.2, 0.25) is 0 Å². The maximum atomic E-state index is 12.6. The molecular weight excluding hydrogens is 270 g/mol. The Hall–Kier alpha value is -1.34. The van der Waals surface area contributed by atoms with Crippen LogP contribution in [0.15, 0.2) is 35.2 Å². The van der Waals surface area contributed by atoms with Crippen molar-refractivity contribution in [1.29, 1.82) is 0 Å². The zero-order valence-electron chi connectivity index (χ0n) is 12.0. The molecule has 2 rings (SSSR count). The third kappa shape index (κ3) is 2.88. The second-order valence-corrected chi connectivity index (χ2v) is 8.31. The average Bonchev–Trinajstić information content (AvgIpc) is 2.48. The minimum atomic E-state index is -3.26. The SMILES string of the molecule is [C-]#[N+]C1(C)CCC(C(C)S(=O)(=O)c2ccccc2)CC1. The standard InChI is InChI=1S/C16H21NO2S/c1-13(14-9-11-16(2,17-3)12-10-14)20(18,19)15-7-5-4-6-8-15/h4-8,13-14H,9-12H2,1-2H3. The average molecular weight is 291 g/mol. The summed E-state index contributed by atoms with van der Waals surface area (Å²) in [5.41, 5.74) is -0.285. The Bertz CT molecular complexity index is 593. The Morgan fingerprint density at radius 1 is 1.25 bits per heavy atom. The second-order valence-electron chi connectivity index (χ2n) is 6.01. The fourth-order valence-corrected chi connectivity index (χ4v) is 4.67. The van der Waals surface area contributed by atoms with Crippen LogP contribution in [0.25, 0.3) is 4.85 Å². The molecule has 1 aromatic carbocycles. The minimum Gasteiger partial charge on any atom is -0.311 e. The van der Waals surface area contributed by atoms with Gasteiger partial charge in [-0.2, -0.15) is 0 Å². The van der Waals surface area contributed by atoms with Crippen molar-refractivity contribution >= 4 is 9.84 Å². The van der Waals surface area contributed by atoms with Gasteiger partial charge >= 0.3 is 0 Å². The number of sulfone groups is 1. The van der Waals surface area contributed by atoms with Gasteiger partial charge in [-0.25, -0.2) is 15.0 Å². The third-order valence-corrected chi connectivity index (χ3v) is 6.90. The number of hydrogen-bond acceptors (Lipinski definition) is 2. The highest BCUT2D eigenvalue weighted by molar-refractivity contribution is 7.92. The van der Waals surface area contributed by atoms with E-state index in [1.165, 1.54) is 0 Å². The van der Waals surface area contributed by atoms with Crippen LogP contribution in [0.3, 0.4) is 0 Å². The van der Waals surface area contributed by atoms with E-state index in [1.807, 2.05) is 19.9 Å². The number of nitrogens with zero attached hydrogens (tertiary/aromatic N) is 1. The van der Waals surface area contributed by atoms with Crippen LogP contribution >= 0.6 is 0 Å².